The van der Waals surface area contributed by atoms with Gasteiger partial charge in [0.15, 0.2) is 0 Å². The van der Waals surface area contributed by atoms with Crippen LogP contribution in [0, 0.1) is 0 Å². The lowest BCUT2D eigenvalue weighted by molar-refractivity contribution is -0.123. The number of amides is 1. The topological polar surface area (TPSA) is 89.8 Å². The summed E-state index contributed by atoms with van der Waals surface area (Å²) in [5, 5.41) is 33.4. The molecular weight excluding hydrogens is 402 g/mol. The predicted molar refractivity (Wildman–Crippen MR) is 132 cm³/mol. The van der Waals surface area contributed by atoms with Crippen molar-refractivity contribution in [3.63, 3.8) is 0 Å². The van der Waals surface area contributed by atoms with Gasteiger partial charge in [0, 0.05) is 6.04 Å². The van der Waals surface area contributed by atoms with E-state index in [4.69, 9.17) is 0 Å². The minimum Gasteiger partial charge on any atom is -0.388 e. The van der Waals surface area contributed by atoms with Crippen molar-refractivity contribution < 1.29 is 20.1 Å². The summed E-state index contributed by atoms with van der Waals surface area (Å²) >= 11 is 0. The third-order valence-corrected chi connectivity index (χ3v) is 4.86. The summed E-state index contributed by atoms with van der Waals surface area (Å²) in [6, 6.07) is -0.0425. The van der Waals surface area contributed by atoms with Crippen molar-refractivity contribution in [3.8, 4) is 0 Å². The number of aliphatic hydroxyl groups excluding tert-OH is 3. The fourth-order valence-electron chi connectivity index (χ4n) is 3.01. The molecule has 1 heterocycles. The Bertz CT molecular complexity index is 771. The van der Waals surface area contributed by atoms with Gasteiger partial charge in [-0.05, 0) is 33.1 Å². The van der Waals surface area contributed by atoms with Gasteiger partial charge >= 0.3 is 0 Å². The first-order valence-electron chi connectivity index (χ1n) is 11.3. The van der Waals surface area contributed by atoms with Crippen molar-refractivity contribution in [3.05, 3.63) is 84.1 Å². The number of unbranched alkanes of at least 4 members (excludes halogenated alkanes) is 1. The molecule has 176 valence electrons. The van der Waals surface area contributed by atoms with Gasteiger partial charge in [-0.2, -0.15) is 0 Å². The van der Waals surface area contributed by atoms with Gasteiger partial charge in [-0.1, -0.05) is 97.4 Å². The van der Waals surface area contributed by atoms with Crippen molar-refractivity contribution >= 4 is 5.91 Å². The van der Waals surface area contributed by atoms with Crippen LogP contribution in [0.4, 0.5) is 0 Å². The molecular formula is C27H39NO4. The van der Waals surface area contributed by atoms with Crippen molar-refractivity contribution in [1.29, 1.82) is 0 Å². The fraction of sp³-hybridized carbons (Fsp3) is 0.444. The maximum atomic E-state index is 12.4. The minimum absolute atomic E-state index is 0.0413. The number of carbonyl (C=O) groups is 1. The van der Waals surface area contributed by atoms with Crippen molar-refractivity contribution in [2.45, 2.75) is 77.2 Å². The molecule has 0 bridgehead atoms. The molecule has 0 aliphatic carbocycles. The first-order chi connectivity index (χ1) is 15.3. The van der Waals surface area contributed by atoms with Gasteiger partial charge in [0.25, 0.3) is 0 Å². The largest absolute Gasteiger partial charge is 0.388 e. The molecule has 1 aliphatic rings. The molecule has 1 rings (SSSR count). The van der Waals surface area contributed by atoms with Gasteiger partial charge in [0.2, 0.25) is 5.91 Å². The van der Waals surface area contributed by atoms with E-state index in [0.29, 0.717) is 12.0 Å². The maximum absolute atomic E-state index is 12.4. The van der Waals surface area contributed by atoms with Crippen LogP contribution in [-0.4, -0.2) is 45.6 Å². The highest BCUT2D eigenvalue weighted by atomic mass is 16.3. The summed E-state index contributed by atoms with van der Waals surface area (Å²) < 4.78 is 0. The Kier molecular flexibility index (Phi) is 14.0. The van der Waals surface area contributed by atoms with Gasteiger partial charge in [-0.3, -0.25) is 4.79 Å². The summed E-state index contributed by atoms with van der Waals surface area (Å²) in [6.45, 7) is 5.86. The Morgan fingerprint density at radius 3 is 2.53 bits per heavy atom. The Morgan fingerprint density at radius 2 is 1.78 bits per heavy atom. The molecule has 0 aromatic carbocycles. The first kappa shape index (κ1) is 27.6. The summed E-state index contributed by atoms with van der Waals surface area (Å²) in [5.41, 5.74) is 1.71. The van der Waals surface area contributed by atoms with E-state index in [-0.39, 0.29) is 18.4 Å². The summed E-state index contributed by atoms with van der Waals surface area (Å²) in [6.07, 6.45) is 22.2. The van der Waals surface area contributed by atoms with E-state index in [1.54, 1.807) is 19.1 Å². The molecule has 5 nitrogen and oxygen atoms in total. The second kappa shape index (κ2) is 16.2. The third kappa shape index (κ3) is 13.1. The van der Waals surface area contributed by atoms with Crippen LogP contribution in [0.3, 0.4) is 0 Å². The molecule has 0 fully saturated rings. The zero-order valence-electron chi connectivity index (χ0n) is 19.5. The number of hydrogen-bond acceptors (Lipinski definition) is 4. The highest BCUT2D eigenvalue weighted by molar-refractivity contribution is 5.77. The van der Waals surface area contributed by atoms with Crippen LogP contribution in [-0.2, 0) is 4.79 Å². The molecule has 0 saturated carbocycles. The van der Waals surface area contributed by atoms with E-state index in [2.05, 4.69) is 24.4 Å². The van der Waals surface area contributed by atoms with E-state index in [1.807, 2.05) is 37.3 Å². The highest BCUT2D eigenvalue weighted by Gasteiger charge is 2.13. The van der Waals surface area contributed by atoms with Crippen LogP contribution in [0.15, 0.2) is 84.1 Å². The average molecular weight is 442 g/mol. The van der Waals surface area contributed by atoms with Crippen LogP contribution >= 0.6 is 0 Å². The predicted octanol–water partition coefficient (Wildman–Crippen LogP) is 4.21. The molecule has 1 aliphatic heterocycles. The van der Waals surface area contributed by atoms with E-state index < -0.39 is 18.3 Å². The number of allylic oxidation sites excluding steroid dienone is 9. The molecule has 0 aromatic rings. The van der Waals surface area contributed by atoms with Gasteiger partial charge in [-0.25, -0.2) is 0 Å². The normalized spacial score (nSPS) is 33.9. The van der Waals surface area contributed by atoms with Crippen LogP contribution in [0.25, 0.3) is 0 Å². The number of carbonyl (C=O) groups excluding carboxylic acids is 1. The molecule has 5 heteroatoms. The van der Waals surface area contributed by atoms with Gasteiger partial charge in [0.1, 0.15) is 12.2 Å². The van der Waals surface area contributed by atoms with Gasteiger partial charge < -0.3 is 20.6 Å². The van der Waals surface area contributed by atoms with Gasteiger partial charge in [-0.15, -0.1) is 0 Å². The zero-order valence-corrected chi connectivity index (χ0v) is 19.5. The molecule has 0 saturated heterocycles. The molecule has 4 N–H and O–H groups in total. The number of aliphatic hydroxyl groups is 3. The Balaban J connectivity index is 3.02. The van der Waals surface area contributed by atoms with Crippen LogP contribution in [0.2, 0.25) is 0 Å². The molecule has 0 radical (unpaired) electrons. The summed E-state index contributed by atoms with van der Waals surface area (Å²) in [5.74, 6) is -0.212. The summed E-state index contributed by atoms with van der Waals surface area (Å²) in [4.78, 5) is 12.4. The lowest BCUT2D eigenvalue weighted by Gasteiger charge is -2.16. The van der Waals surface area contributed by atoms with E-state index >= 15 is 0 Å². The van der Waals surface area contributed by atoms with Crippen LogP contribution < -0.4 is 5.32 Å². The Labute approximate surface area is 192 Å². The second-order valence-electron chi connectivity index (χ2n) is 8.10. The molecule has 1 amide bonds. The van der Waals surface area contributed by atoms with Crippen molar-refractivity contribution in [2.24, 2.45) is 0 Å². The quantitative estimate of drug-likeness (QED) is 0.492. The molecule has 0 aromatic heterocycles. The van der Waals surface area contributed by atoms with Crippen molar-refractivity contribution in [1.82, 2.24) is 5.32 Å². The zero-order chi connectivity index (χ0) is 23.8. The summed E-state index contributed by atoms with van der Waals surface area (Å²) in [7, 11) is 0. The molecule has 4 unspecified atom stereocenters. The van der Waals surface area contributed by atoms with Crippen LogP contribution in [0.1, 0.15) is 52.9 Å². The lowest BCUT2D eigenvalue weighted by Crippen LogP contribution is -2.35. The Morgan fingerprint density at radius 1 is 1.00 bits per heavy atom. The van der Waals surface area contributed by atoms with E-state index in [1.165, 1.54) is 18.2 Å². The highest BCUT2D eigenvalue weighted by Crippen LogP contribution is 2.08. The Hall–Kier alpha value is -2.47. The van der Waals surface area contributed by atoms with E-state index in [9.17, 15) is 20.1 Å². The number of hydrogen-bond donors (Lipinski definition) is 4. The SMILES string of the molecule is CCC/C=C/CC1C/C=C/C=C(C)/C=C/C=C\C(O)C(O)/C=C(C)\C=C\C(O)CC(=O)N1. The van der Waals surface area contributed by atoms with Crippen molar-refractivity contribution in [2.75, 3.05) is 0 Å². The van der Waals surface area contributed by atoms with Crippen LogP contribution in [0.5, 0.6) is 0 Å². The first-order valence-corrected chi connectivity index (χ1v) is 11.3. The molecule has 4 atom stereocenters. The fourth-order valence-corrected chi connectivity index (χ4v) is 3.01. The third-order valence-electron chi connectivity index (χ3n) is 4.86. The minimum atomic E-state index is -1.07. The standard InChI is InChI=1S/C27H39NO4/c1-4-5-6-7-14-23-15-10-8-12-21(2)13-9-11-16-25(30)26(31)19-22(3)17-18-24(29)20-27(32)28-23/h6-13,16-19,23-26,29-31H,4-5,14-15,20H2,1-3H3,(H,28,32)/b7-6+,10-8+,13-9+,16-11-,18-17+,21-12+,22-19-. The van der Waals surface area contributed by atoms with E-state index in [0.717, 1.165) is 24.8 Å². The molecule has 0 spiro atoms. The number of rotatable bonds is 4. The number of nitrogens with one attached hydrogen (secondary N) is 1. The van der Waals surface area contributed by atoms with Gasteiger partial charge in [0.05, 0.1) is 12.5 Å². The second-order valence-corrected chi connectivity index (χ2v) is 8.10. The monoisotopic (exact) mass is 441 g/mol. The smallest absolute Gasteiger partial charge is 0.223 e. The molecule has 32 heavy (non-hydrogen) atoms. The maximum Gasteiger partial charge on any atom is 0.223 e. The average Bonchev–Trinajstić information content (AvgIpc) is 2.74. The lowest BCUT2D eigenvalue weighted by atomic mass is 10.1.